The van der Waals surface area contributed by atoms with E-state index in [1.807, 2.05) is 67.6 Å². The molecule has 120 valence electrons. The molecule has 2 aromatic rings. The molecule has 0 radical (unpaired) electrons. The quantitative estimate of drug-likeness (QED) is 0.861. The molecule has 2 rings (SSSR count). The zero-order chi connectivity index (χ0) is 16.7. The lowest BCUT2D eigenvalue weighted by atomic mass is 10.1. The van der Waals surface area contributed by atoms with Crippen molar-refractivity contribution in [2.45, 2.75) is 19.5 Å². The number of nitrogens with zero attached hydrogens (tertiary/aromatic N) is 1. The first kappa shape index (κ1) is 16.5. The summed E-state index contributed by atoms with van der Waals surface area (Å²) < 4.78 is 0. The molecule has 0 aromatic heterocycles. The van der Waals surface area contributed by atoms with Crippen LogP contribution in [0.3, 0.4) is 0 Å². The van der Waals surface area contributed by atoms with E-state index in [1.165, 1.54) is 0 Å². The third-order valence-electron chi connectivity index (χ3n) is 3.66. The average Bonchev–Trinajstić information content (AvgIpc) is 2.58. The van der Waals surface area contributed by atoms with Crippen LogP contribution in [0.1, 0.15) is 24.1 Å². The minimum Gasteiger partial charge on any atom is -0.465 e. The molecule has 2 N–H and O–H groups in total. The van der Waals surface area contributed by atoms with Crippen LogP contribution in [0, 0.1) is 0 Å². The highest BCUT2D eigenvalue weighted by Gasteiger charge is 2.22. The monoisotopic (exact) mass is 312 g/mol. The Morgan fingerprint density at radius 2 is 1.61 bits per heavy atom. The van der Waals surface area contributed by atoms with E-state index in [2.05, 4.69) is 5.32 Å². The van der Waals surface area contributed by atoms with Crippen molar-refractivity contribution in [3.63, 3.8) is 0 Å². The number of nitrogens with one attached hydrogen (secondary N) is 1. The highest BCUT2D eigenvalue weighted by atomic mass is 16.4. The van der Waals surface area contributed by atoms with Gasteiger partial charge in [0.1, 0.15) is 6.54 Å². The van der Waals surface area contributed by atoms with Crippen molar-refractivity contribution in [1.29, 1.82) is 0 Å². The first-order valence-electron chi connectivity index (χ1n) is 7.43. The van der Waals surface area contributed by atoms with Gasteiger partial charge in [-0.3, -0.25) is 4.79 Å². The molecule has 0 aliphatic heterocycles. The Kier molecular flexibility index (Phi) is 5.74. The molecule has 0 spiro atoms. The fourth-order valence-corrected chi connectivity index (χ4v) is 2.39. The normalized spacial score (nSPS) is 11.5. The molecule has 1 atom stereocenters. The van der Waals surface area contributed by atoms with Crippen LogP contribution in [-0.4, -0.2) is 28.6 Å². The highest BCUT2D eigenvalue weighted by Crippen LogP contribution is 2.22. The Labute approximate surface area is 135 Å². The maximum Gasteiger partial charge on any atom is 0.405 e. The largest absolute Gasteiger partial charge is 0.465 e. The van der Waals surface area contributed by atoms with Crippen molar-refractivity contribution in [1.82, 2.24) is 10.2 Å². The molecule has 0 fully saturated rings. The first-order valence-corrected chi connectivity index (χ1v) is 7.43. The fraction of sp³-hybridized carbons (Fsp3) is 0.222. The van der Waals surface area contributed by atoms with Gasteiger partial charge in [0.05, 0.1) is 6.04 Å². The van der Waals surface area contributed by atoms with Gasteiger partial charge in [-0.05, 0) is 18.1 Å². The van der Waals surface area contributed by atoms with E-state index in [1.54, 1.807) is 4.90 Å². The zero-order valence-corrected chi connectivity index (χ0v) is 13.0. The predicted molar refractivity (Wildman–Crippen MR) is 87.9 cm³/mol. The van der Waals surface area contributed by atoms with Crippen LogP contribution >= 0.6 is 0 Å². The molecule has 0 heterocycles. The van der Waals surface area contributed by atoms with Crippen LogP contribution < -0.4 is 5.32 Å². The summed E-state index contributed by atoms with van der Waals surface area (Å²) in [6.45, 7) is 2.13. The molecule has 0 unspecified atom stereocenters. The van der Waals surface area contributed by atoms with Gasteiger partial charge in [-0.1, -0.05) is 60.7 Å². The summed E-state index contributed by atoms with van der Waals surface area (Å²) in [5, 5.41) is 10.9. The second-order valence-electron chi connectivity index (χ2n) is 5.25. The number of benzene rings is 2. The summed E-state index contributed by atoms with van der Waals surface area (Å²) in [6.07, 6.45) is -1.20. The van der Waals surface area contributed by atoms with E-state index in [-0.39, 0.29) is 18.5 Å². The van der Waals surface area contributed by atoms with E-state index in [4.69, 9.17) is 5.11 Å². The second-order valence-corrected chi connectivity index (χ2v) is 5.25. The van der Waals surface area contributed by atoms with E-state index >= 15 is 0 Å². The zero-order valence-electron chi connectivity index (χ0n) is 13.0. The summed E-state index contributed by atoms with van der Waals surface area (Å²) in [5.74, 6) is -0.257. The number of hydrogen-bond acceptors (Lipinski definition) is 2. The van der Waals surface area contributed by atoms with Crippen LogP contribution in [0.2, 0.25) is 0 Å². The Morgan fingerprint density at radius 3 is 2.17 bits per heavy atom. The van der Waals surface area contributed by atoms with Gasteiger partial charge in [0.15, 0.2) is 0 Å². The van der Waals surface area contributed by atoms with E-state index in [0.29, 0.717) is 6.54 Å². The van der Waals surface area contributed by atoms with E-state index in [9.17, 15) is 9.59 Å². The highest BCUT2D eigenvalue weighted by molar-refractivity contribution is 5.82. The maximum atomic E-state index is 12.5. The third-order valence-corrected chi connectivity index (χ3v) is 3.66. The number of hydrogen-bond donors (Lipinski definition) is 2. The summed E-state index contributed by atoms with van der Waals surface area (Å²) in [4.78, 5) is 24.8. The topological polar surface area (TPSA) is 69.6 Å². The summed E-state index contributed by atoms with van der Waals surface area (Å²) >= 11 is 0. The van der Waals surface area contributed by atoms with Gasteiger partial charge in [-0.15, -0.1) is 0 Å². The molecule has 23 heavy (non-hydrogen) atoms. The van der Waals surface area contributed by atoms with Crippen LogP contribution in [0.15, 0.2) is 60.7 Å². The lowest BCUT2D eigenvalue weighted by Gasteiger charge is -2.30. The van der Waals surface area contributed by atoms with Gasteiger partial charge >= 0.3 is 6.09 Å². The lowest BCUT2D eigenvalue weighted by molar-refractivity contribution is -0.133. The van der Waals surface area contributed by atoms with Gasteiger partial charge < -0.3 is 15.3 Å². The number of carboxylic acid groups (broad SMARTS) is 1. The standard InChI is InChI=1S/C18H20N2O3/c1-14(16-10-6-3-7-11-16)20(17(21)12-19-18(22)23)13-15-8-4-2-5-9-15/h2-11,14,19H,12-13H2,1H3,(H,22,23)/t14-/m0/s1. The molecule has 0 saturated carbocycles. The van der Waals surface area contributed by atoms with Gasteiger partial charge in [0, 0.05) is 6.54 Å². The Bertz CT molecular complexity index is 644. The van der Waals surface area contributed by atoms with Crippen LogP contribution in [-0.2, 0) is 11.3 Å². The molecule has 0 saturated heterocycles. The van der Waals surface area contributed by atoms with Gasteiger partial charge in [0.25, 0.3) is 0 Å². The lowest BCUT2D eigenvalue weighted by Crippen LogP contribution is -2.40. The Hall–Kier alpha value is -2.82. The van der Waals surface area contributed by atoms with Gasteiger partial charge in [-0.2, -0.15) is 0 Å². The second kappa shape index (κ2) is 7.98. The fourth-order valence-electron chi connectivity index (χ4n) is 2.39. The van der Waals surface area contributed by atoms with E-state index < -0.39 is 6.09 Å². The smallest absolute Gasteiger partial charge is 0.405 e. The Morgan fingerprint density at radius 1 is 1.04 bits per heavy atom. The van der Waals surface area contributed by atoms with Gasteiger partial charge in [-0.25, -0.2) is 4.79 Å². The molecular formula is C18H20N2O3. The van der Waals surface area contributed by atoms with Crippen molar-refractivity contribution in [2.24, 2.45) is 0 Å². The van der Waals surface area contributed by atoms with Crippen LogP contribution in [0.5, 0.6) is 0 Å². The minimum absolute atomic E-state index is 0.153. The number of carbonyl (C=O) groups is 2. The average molecular weight is 312 g/mol. The summed E-state index contributed by atoms with van der Waals surface area (Å²) in [5.41, 5.74) is 2.01. The van der Waals surface area contributed by atoms with Crippen molar-refractivity contribution in [3.05, 3.63) is 71.8 Å². The first-order chi connectivity index (χ1) is 11.1. The molecule has 5 heteroatoms. The number of rotatable bonds is 6. The van der Waals surface area contributed by atoms with Crippen LogP contribution in [0.25, 0.3) is 0 Å². The van der Waals surface area contributed by atoms with Crippen molar-refractivity contribution in [3.8, 4) is 0 Å². The third kappa shape index (κ3) is 4.85. The number of amides is 2. The van der Waals surface area contributed by atoms with Crippen molar-refractivity contribution >= 4 is 12.0 Å². The van der Waals surface area contributed by atoms with E-state index in [0.717, 1.165) is 11.1 Å². The Balaban J connectivity index is 2.19. The SMILES string of the molecule is C[C@@H](c1ccccc1)N(Cc1ccccc1)C(=O)CNC(=O)O. The molecule has 0 aliphatic carbocycles. The summed E-state index contributed by atoms with van der Waals surface area (Å²) in [6, 6.07) is 19.2. The maximum absolute atomic E-state index is 12.5. The molecular weight excluding hydrogens is 292 g/mol. The minimum atomic E-state index is -1.20. The molecule has 2 amide bonds. The molecule has 0 aliphatic rings. The van der Waals surface area contributed by atoms with Crippen LogP contribution in [0.4, 0.5) is 4.79 Å². The molecule has 5 nitrogen and oxygen atoms in total. The van der Waals surface area contributed by atoms with Crippen molar-refractivity contribution < 1.29 is 14.7 Å². The summed E-state index contributed by atoms with van der Waals surface area (Å²) in [7, 11) is 0. The number of carbonyl (C=O) groups excluding carboxylic acids is 1. The predicted octanol–water partition coefficient (Wildman–Crippen LogP) is 3.04. The molecule has 0 bridgehead atoms. The van der Waals surface area contributed by atoms with Crippen molar-refractivity contribution in [2.75, 3.05) is 6.54 Å². The van der Waals surface area contributed by atoms with Gasteiger partial charge in [0.2, 0.25) is 5.91 Å². The molecule has 2 aromatic carbocycles.